The Labute approximate surface area is 111 Å². The third kappa shape index (κ3) is 3.53. The molecule has 0 saturated heterocycles. The van der Waals surface area contributed by atoms with E-state index in [1.54, 1.807) is 23.7 Å². The molecule has 2 rings (SSSR count). The molecule has 0 aromatic carbocycles. The fourth-order valence-corrected chi connectivity index (χ4v) is 2.77. The highest BCUT2D eigenvalue weighted by Crippen LogP contribution is 2.18. The zero-order valence-corrected chi connectivity index (χ0v) is 11.3. The Morgan fingerprint density at radius 3 is 2.94 bits per heavy atom. The number of rotatable bonds is 5. The summed E-state index contributed by atoms with van der Waals surface area (Å²) in [5.41, 5.74) is 1.15. The van der Waals surface area contributed by atoms with Crippen LogP contribution >= 0.6 is 22.9 Å². The molecule has 17 heavy (non-hydrogen) atoms. The first-order valence-corrected chi connectivity index (χ1v) is 6.83. The highest BCUT2D eigenvalue weighted by Gasteiger charge is 2.11. The van der Waals surface area contributed by atoms with E-state index in [4.69, 9.17) is 11.6 Å². The molecule has 2 aromatic heterocycles. The molecule has 0 aliphatic rings. The van der Waals surface area contributed by atoms with Crippen molar-refractivity contribution in [1.82, 2.24) is 10.3 Å². The van der Waals surface area contributed by atoms with E-state index in [1.165, 1.54) is 4.88 Å². The van der Waals surface area contributed by atoms with Gasteiger partial charge in [0.15, 0.2) is 0 Å². The lowest BCUT2D eigenvalue weighted by molar-refractivity contribution is 0.560. The number of aromatic nitrogens is 1. The Morgan fingerprint density at radius 2 is 2.29 bits per heavy atom. The quantitative estimate of drug-likeness (QED) is 0.899. The van der Waals surface area contributed by atoms with Gasteiger partial charge in [-0.15, -0.1) is 11.3 Å². The maximum atomic E-state index is 6.12. The van der Waals surface area contributed by atoms with E-state index in [2.05, 4.69) is 27.8 Å². The third-order valence-electron chi connectivity index (χ3n) is 2.76. The van der Waals surface area contributed by atoms with E-state index in [0.717, 1.165) is 23.4 Å². The zero-order chi connectivity index (χ0) is 12.1. The van der Waals surface area contributed by atoms with E-state index in [9.17, 15) is 0 Å². The van der Waals surface area contributed by atoms with Crippen molar-refractivity contribution in [3.8, 4) is 0 Å². The molecule has 0 amide bonds. The number of nitrogens with one attached hydrogen (secondary N) is 1. The van der Waals surface area contributed by atoms with Crippen LogP contribution in [0.4, 0.5) is 0 Å². The molecular weight excluding hydrogens is 252 g/mol. The van der Waals surface area contributed by atoms with Crippen molar-refractivity contribution in [2.24, 2.45) is 0 Å². The van der Waals surface area contributed by atoms with Crippen molar-refractivity contribution >= 4 is 22.9 Å². The van der Waals surface area contributed by atoms with E-state index in [1.807, 2.05) is 13.1 Å². The molecule has 0 bridgehead atoms. The Kier molecular flexibility index (Phi) is 4.54. The van der Waals surface area contributed by atoms with Crippen LogP contribution in [-0.4, -0.2) is 18.1 Å². The topological polar surface area (TPSA) is 24.9 Å². The normalized spacial score (nSPS) is 12.6. The zero-order valence-electron chi connectivity index (χ0n) is 9.69. The largest absolute Gasteiger partial charge is 0.316 e. The van der Waals surface area contributed by atoms with Crippen LogP contribution in [0.15, 0.2) is 36.0 Å². The molecule has 0 spiro atoms. The Morgan fingerprint density at radius 1 is 1.41 bits per heavy atom. The van der Waals surface area contributed by atoms with Gasteiger partial charge in [0.1, 0.15) is 0 Å². The van der Waals surface area contributed by atoms with Crippen LogP contribution in [0.1, 0.15) is 10.4 Å². The molecule has 1 atom stereocenters. The van der Waals surface area contributed by atoms with E-state index in [0.29, 0.717) is 6.04 Å². The molecule has 4 heteroatoms. The second-order valence-electron chi connectivity index (χ2n) is 3.94. The highest BCUT2D eigenvalue weighted by molar-refractivity contribution is 7.09. The third-order valence-corrected chi connectivity index (χ3v) is 4.00. The average molecular weight is 267 g/mol. The summed E-state index contributed by atoms with van der Waals surface area (Å²) in [6.45, 7) is 0. The first kappa shape index (κ1) is 12.6. The fraction of sp³-hybridized carbons (Fsp3) is 0.308. The first-order valence-electron chi connectivity index (χ1n) is 5.57. The van der Waals surface area contributed by atoms with Gasteiger partial charge in [-0.25, -0.2) is 0 Å². The Bertz CT molecular complexity index is 456. The minimum Gasteiger partial charge on any atom is -0.316 e. The van der Waals surface area contributed by atoms with Gasteiger partial charge in [-0.3, -0.25) is 4.98 Å². The lowest BCUT2D eigenvalue weighted by atomic mass is 10.0. The number of likely N-dealkylation sites (N-methyl/N-ethyl adjacent to an activating group) is 1. The molecule has 0 saturated carbocycles. The van der Waals surface area contributed by atoms with Crippen LogP contribution in [0.25, 0.3) is 0 Å². The summed E-state index contributed by atoms with van der Waals surface area (Å²) < 4.78 is 0. The van der Waals surface area contributed by atoms with Crippen LogP contribution in [0.2, 0.25) is 5.02 Å². The van der Waals surface area contributed by atoms with E-state index >= 15 is 0 Å². The number of hydrogen-bond acceptors (Lipinski definition) is 3. The van der Waals surface area contributed by atoms with E-state index in [-0.39, 0.29) is 0 Å². The summed E-state index contributed by atoms with van der Waals surface area (Å²) in [5.74, 6) is 0. The molecule has 2 heterocycles. The number of hydrogen-bond donors (Lipinski definition) is 1. The van der Waals surface area contributed by atoms with Crippen LogP contribution < -0.4 is 5.32 Å². The van der Waals surface area contributed by atoms with Crippen LogP contribution in [0.3, 0.4) is 0 Å². The molecule has 2 aromatic rings. The van der Waals surface area contributed by atoms with Crippen molar-refractivity contribution in [1.29, 1.82) is 0 Å². The second kappa shape index (κ2) is 6.15. The standard InChI is InChI=1S/C13H15ClN2S/c1-15-11(8-12-3-2-6-17-12)7-10-4-5-16-9-13(10)14/h2-6,9,11,15H,7-8H2,1H3. The summed E-state index contributed by atoms with van der Waals surface area (Å²) >= 11 is 7.92. The first-order chi connectivity index (χ1) is 8.29. The summed E-state index contributed by atoms with van der Waals surface area (Å²) in [7, 11) is 1.99. The second-order valence-corrected chi connectivity index (χ2v) is 5.38. The van der Waals surface area contributed by atoms with Gasteiger partial charge in [-0.2, -0.15) is 0 Å². The predicted octanol–water partition coefficient (Wildman–Crippen LogP) is 3.17. The van der Waals surface area contributed by atoms with Gasteiger partial charge in [0.2, 0.25) is 0 Å². The smallest absolute Gasteiger partial charge is 0.0621 e. The van der Waals surface area contributed by atoms with Crippen molar-refractivity contribution in [2.75, 3.05) is 7.05 Å². The summed E-state index contributed by atoms with van der Waals surface area (Å²) in [6, 6.07) is 6.66. The van der Waals surface area contributed by atoms with Crippen LogP contribution in [0.5, 0.6) is 0 Å². The highest BCUT2D eigenvalue weighted by atomic mass is 35.5. The van der Waals surface area contributed by atoms with Crippen molar-refractivity contribution in [3.05, 3.63) is 51.4 Å². The van der Waals surface area contributed by atoms with Gasteiger partial charge < -0.3 is 5.32 Å². The molecule has 0 radical (unpaired) electrons. The van der Waals surface area contributed by atoms with Gasteiger partial charge in [-0.1, -0.05) is 17.7 Å². The van der Waals surface area contributed by atoms with Gasteiger partial charge in [-0.05, 0) is 43.0 Å². The number of pyridine rings is 1. The summed E-state index contributed by atoms with van der Waals surface area (Å²) in [6.07, 6.45) is 5.45. The van der Waals surface area contributed by atoms with Crippen molar-refractivity contribution in [3.63, 3.8) is 0 Å². The van der Waals surface area contributed by atoms with Crippen LogP contribution in [0, 0.1) is 0 Å². The molecule has 0 fully saturated rings. The maximum absolute atomic E-state index is 6.12. The Hall–Kier alpha value is -0.900. The minimum absolute atomic E-state index is 0.411. The molecule has 0 aliphatic carbocycles. The van der Waals surface area contributed by atoms with Gasteiger partial charge in [0.25, 0.3) is 0 Å². The Balaban J connectivity index is 2.03. The van der Waals surface area contributed by atoms with Gasteiger partial charge in [0.05, 0.1) is 5.02 Å². The number of thiophene rings is 1. The molecule has 0 aliphatic heterocycles. The maximum Gasteiger partial charge on any atom is 0.0621 e. The predicted molar refractivity (Wildman–Crippen MR) is 73.8 cm³/mol. The average Bonchev–Trinajstić information content (AvgIpc) is 2.84. The minimum atomic E-state index is 0.411. The van der Waals surface area contributed by atoms with E-state index < -0.39 is 0 Å². The lowest BCUT2D eigenvalue weighted by Gasteiger charge is -2.15. The van der Waals surface area contributed by atoms with Crippen molar-refractivity contribution in [2.45, 2.75) is 18.9 Å². The molecule has 1 unspecified atom stereocenters. The monoisotopic (exact) mass is 266 g/mol. The molecule has 90 valence electrons. The number of halogens is 1. The van der Waals surface area contributed by atoms with Gasteiger partial charge >= 0.3 is 0 Å². The SMILES string of the molecule is CNC(Cc1cccs1)Cc1ccncc1Cl. The van der Waals surface area contributed by atoms with Gasteiger partial charge in [0, 0.05) is 23.3 Å². The fourth-order valence-electron chi connectivity index (χ4n) is 1.78. The molecule has 1 N–H and O–H groups in total. The lowest BCUT2D eigenvalue weighted by Crippen LogP contribution is -2.29. The summed E-state index contributed by atoms with van der Waals surface area (Å²) in [5, 5.41) is 6.21. The number of nitrogens with zero attached hydrogens (tertiary/aromatic N) is 1. The molecular formula is C13H15ClN2S. The molecule has 2 nitrogen and oxygen atoms in total. The van der Waals surface area contributed by atoms with Crippen molar-refractivity contribution < 1.29 is 0 Å². The van der Waals surface area contributed by atoms with Crippen LogP contribution in [-0.2, 0) is 12.8 Å². The summed E-state index contributed by atoms with van der Waals surface area (Å²) in [4.78, 5) is 5.40.